The Morgan fingerprint density at radius 3 is 2.31 bits per heavy atom. The van der Waals surface area contributed by atoms with Crippen molar-refractivity contribution in [2.45, 2.75) is 52.5 Å². The number of hydrogen-bond acceptors (Lipinski definition) is 1. The van der Waals surface area contributed by atoms with Crippen molar-refractivity contribution in [2.24, 2.45) is 11.1 Å². The Morgan fingerprint density at radius 2 is 1.81 bits per heavy atom. The van der Waals surface area contributed by atoms with Gasteiger partial charge in [0.05, 0.1) is 0 Å². The molecule has 16 heavy (non-hydrogen) atoms. The van der Waals surface area contributed by atoms with Gasteiger partial charge in [-0.05, 0) is 43.2 Å². The predicted molar refractivity (Wildman–Crippen MR) is 69.4 cm³/mol. The molecule has 1 aromatic rings. The van der Waals surface area contributed by atoms with Crippen LogP contribution in [0.2, 0.25) is 0 Å². The summed E-state index contributed by atoms with van der Waals surface area (Å²) in [4.78, 5) is 0. The van der Waals surface area contributed by atoms with Crippen molar-refractivity contribution in [3.05, 3.63) is 34.9 Å². The third-order valence-electron chi connectivity index (χ3n) is 4.44. The fourth-order valence-corrected chi connectivity index (χ4v) is 3.18. The van der Waals surface area contributed by atoms with Gasteiger partial charge in [-0.1, -0.05) is 44.0 Å². The van der Waals surface area contributed by atoms with Crippen molar-refractivity contribution < 1.29 is 0 Å². The minimum absolute atomic E-state index is 0.134. The third-order valence-corrected chi connectivity index (χ3v) is 4.44. The number of nitrogens with two attached hydrogens (primary N) is 1. The van der Waals surface area contributed by atoms with Crippen LogP contribution in [0.3, 0.4) is 0 Å². The molecule has 0 aromatic heterocycles. The van der Waals surface area contributed by atoms with Gasteiger partial charge in [0.2, 0.25) is 0 Å². The van der Waals surface area contributed by atoms with Crippen molar-refractivity contribution >= 4 is 0 Å². The molecule has 1 unspecified atom stereocenters. The van der Waals surface area contributed by atoms with Gasteiger partial charge in [-0.2, -0.15) is 0 Å². The van der Waals surface area contributed by atoms with Crippen molar-refractivity contribution in [3.8, 4) is 0 Å². The molecule has 0 saturated heterocycles. The van der Waals surface area contributed by atoms with Crippen LogP contribution in [0.25, 0.3) is 0 Å². The first-order valence-corrected chi connectivity index (χ1v) is 6.23. The fraction of sp³-hybridized carbons (Fsp3) is 0.600. The molecule has 1 aliphatic rings. The number of aryl methyl sites for hydroxylation is 2. The summed E-state index contributed by atoms with van der Waals surface area (Å²) in [6.45, 7) is 8.93. The van der Waals surface area contributed by atoms with E-state index in [-0.39, 0.29) is 11.0 Å². The normalized spacial score (nSPS) is 28.3. The molecule has 1 atom stereocenters. The molecule has 1 aromatic carbocycles. The Hall–Kier alpha value is -0.820. The molecule has 1 fully saturated rings. The molecule has 0 aliphatic heterocycles. The number of hydrogen-bond donors (Lipinski definition) is 1. The summed E-state index contributed by atoms with van der Waals surface area (Å²) in [6.07, 6.45) is 3.59. The summed E-state index contributed by atoms with van der Waals surface area (Å²) >= 11 is 0. The third kappa shape index (κ3) is 1.58. The molecule has 1 heteroatoms. The molecule has 2 rings (SSSR count). The van der Waals surface area contributed by atoms with E-state index in [0.29, 0.717) is 0 Å². The quantitative estimate of drug-likeness (QED) is 0.763. The highest BCUT2D eigenvalue weighted by Gasteiger charge is 2.47. The molecule has 0 amide bonds. The minimum atomic E-state index is -0.134. The van der Waals surface area contributed by atoms with E-state index in [4.69, 9.17) is 5.73 Å². The van der Waals surface area contributed by atoms with E-state index in [9.17, 15) is 0 Å². The Labute approximate surface area is 99.0 Å². The summed E-state index contributed by atoms with van der Waals surface area (Å²) < 4.78 is 0. The first-order valence-electron chi connectivity index (χ1n) is 6.23. The van der Waals surface area contributed by atoms with Crippen molar-refractivity contribution in [1.29, 1.82) is 0 Å². The largest absolute Gasteiger partial charge is 0.321 e. The van der Waals surface area contributed by atoms with Gasteiger partial charge in [0, 0.05) is 5.54 Å². The van der Waals surface area contributed by atoms with Gasteiger partial charge in [0.15, 0.2) is 0 Å². The molecule has 0 bridgehead atoms. The van der Waals surface area contributed by atoms with Gasteiger partial charge < -0.3 is 5.73 Å². The zero-order valence-electron chi connectivity index (χ0n) is 10.9. The maximum absolute atomic E-state index is 6.71. The lowest BCUT2D eigenvalue weighted by molar-refractivity contribution is 0.209. The summed E-state index contributed by atoms with van der Waals surface area (Å²) in [5.74, 6) is 0. The van der Waals surface area contributed by atoms with Gasteiger partial charge in [-0.3, -0.25) is 0 Å². The van der Waals surface area contributed by atoms with Crippen molar-refractivity contribution in [3.63, 3.8) is 0 Å². The van der Waals surface area contributed by atoms with Crippen LogP contribution in [0.4, 0.5) is 0 Å². The summed E-state index contributed by atoms with van der Waals surface area (Å²) in [5.41, 5.74) is 10.8. The zero-order chi connectivity index (χ0) is 12.0. The lowest BCUT2D eigenvalue weighted by Crippen LogP contribution is -2.46. The first-order chi connectivity index (χ1) is 7.37. The second-order valence-electron chi connectivity index (χ2n) is 6.03. The predicted octanol–water partition coefficient (Wildman–Crippen LogP) is 3.67. The van der Waals surface area contributed by atoms with E-state index < -0.39 is 0 Å². The average Bonchev–Trinajstić information content (AvgIpc) is 2.41. The Bertz CT molecular complexity index is 406. The van der Waals surface area contributed by atoms with Crippen molar-refractivity contribution in [1.82, 2.24) is 0 Å². The standard InChI is InChI=1S/C15H23N/c1-11-6-7-13(12(2)10-11)15(16)9-5-8-14(15,3)4/h6-7,10H,5,8-9,16H2,1-4H3. The maximum atomic E-state index is 6.71. The molecule has 1 nitrogen and oxygen atoms in total. The summed E-state index contributed by atoms with van der Waals surface area (Å²) in [6, 6.07) is 6.67. The van der Waals surface area contributed by atoms with E-state index >= 15 is 0 Å². The summed E-state index contributed by atoms with van der Waals surface area (Å²) in [7, 11) is 0. The second-order valence-corrected chi connectivity index (χ2v) is 6.03. The fourth-order valence-electron chi connectivity index (χ4n) is 3.18. The van der Waals surface area contributed by atoms with Gasteiger partial charge in [-0.25, -0.2) is 0 Å². The van der Waals surface area contributed by atoms with Crippen LogP contribution >= 0.6 is 0 Å². The number of rotatable bonds is 1. The van der Waals surface area contributed by atoms with Crippen LogP contribution in [0.1, 0.15) is 49.8 Å². The number of benzene rings is 1. The lowest BCUT2D eigenvalue weighted by atomic mass is 9.70. The molecular weight excluding hydrogens is 194 g/mol. The van der Waals surface area contributed by atoms with Crippen molar-refractivity contribution in [2.75, 3.05) is 0 Å². The molecule has 88 valence electrons. The van der Waals surface area contributed by atoms with Crippen LogP contribution < -0.4 is 5.73 Å². The average molecular weight is 217 g/mol. The van der Waals surface area contributed by atoms with Gasteiger partial charge in [0.1, 0.15) is 0 Å². The Balaban J connectivity index is 2.51. The van der Waals surface area contributed by atoms with Gasteiger partial charge in [0.25, 0.3) is 0 Å². The SMILES string of the molecule is Cc1ccc(C2(N)CCCC2(C)C)c(C)c1. The highest BCUT2D eigenvalue weighted by molar-refractivity contribution is 5.38. The first kappa shape index (κ1) is 11.7. The van der Waals surface area contributed by atoms with E-state index in [1.54, 1.807) is 0 Å². The molecule has 0 radical (unpaired) electrons. The van der Waals surface area contributed by atoms with Gasteiger partial charge >= 0.3 is 0 Å². The van der Waals surface area contributed by atoms with Crippen LogP contribution in [-0.2, 0) is 5.54 Å². The molecule has 1 saturated carbocycles. The van der Waals surface area contributed by atoms with E-state index in [1.165, 1.54) is 29.5 Å². The molecule has 1 aliphatic carbocycles. The second kappa shape index (κ2) is 3.59. The lowest BCUT2D eigenvalue weighted by Gasteiger charge is -2.39. The van der Waals surface area contributed by atoms with E-state index in [2.05, 4.69) is 45.9 Å². The molecule has 0 heterocycles. The van der Waals surface area contributed by atoms with Crippen LogP contribution in [0.15, 0.2) is 18.2 Å². The van der Waals surface area contributed by atoms with E-state index in [1.807, 2.05) is 0 Å². The minimum Gasteiger partial charge on any atom is -0.321 e. The van der Waals surface area contributed by atoms with Crippen LogP contribution in [-0.4, -0.2) is 0 Å². The van der Waals surface area contributed by atoms with Gasteiger partial charge in [-0.15, -0.1) is 0 Å². The highest BCUT2D eigenvalue weighted by atomic mass is 14.8. The monoisotopic (exact) mass is 217 g/mol. The zero-order valence-corrected chi connectivity index (χ0v) is 10.9. The smallest absolute Gasteiger partial charge is 0.0463 e. The molecule has 0 spiro atoms. The molecular formula is C15H23N. The molecule has 2 N–H and O–H groups in total. The topological polar surface area (TPSA) is 26.0 Å². The maximum Gasteiger partial charge on any atom is 0.0463 e. The Morgan fingerprint density at radius 1 is 1.12 bits per heavy atom. The van der Waals surface area contributed by atoms with Crippen LogP contribution in [0.5, 0.6) is 0 Å². The summed E-state index contributed by atoms with van der Waals surface area (Å²) in [5, 5.41) is 0. The van der Waals surface area contributed by atoms with E-state index in [0.717, 1.165) is 6.42 Å². The highest BCUT2D eigenvalue weighted by Crippen LogP contribution is 2.51. The van der Waals surface area contributed by atoms with Crippen LogP contribution in [0, 0.1) is 19.3 Å². The Kier molecular flexibility index (Phi) is 2.62.